The summed E-state index contributed by atoms with van der Waals surface area (Å²) in [7, 11) is 3.87. The Balaban J connectivity index is 2.28. The van der Waals surface area contributed by atoms with Crippen LogP contribution in [0.15, 0.2) is 36.4 Å². The normalized spacial score (nSPS) is 10.3. The molecule has 0 unspecified atom stereocenters. The van der Waals surface area contributed by atoms with E-state index in [4.69, 9.17) is 11.6 Å². The molecule has 0 aliphatic carbocycles. The second-order valence-electron chi connectivity index (χ2n) is 4.89. The number of pyridine rings is 1. The van der Waals surface area contributed by atoms with Gasteiger partial charge in [-0.1, -0.05) is 30.7 Å². The molecule has 0 aliphatic heterocycles. The summed E-state index contributed by atoms with van der Waals surface area (Å²) in [4.78, 5) is 18.5. The molecule has 0 radical (unpaired) electrons. The lowest BCUT2D eigenvalue weighted by molar-refractivity contribution is 0.102. The third kappa shape index (κ3) is 3.73. The van der Waals surface area contributed by atoms with Gasteiger partial charge in [0.2, 0.25) is 0 Å². The number of aryl methyl sites for hydroxylation is 1. The lowest BCUT2D eigenvalue weighted by Crippen LogP contribution is -2.17. The quantitative estimate of drug-likeness (QED) is 0.878. The second-order valence-corrected chi connectivity index (χ2v) is 5.28. The van der Waals surface area contributed by atoms with Crippen LogP contribution in [0, 0.1) is 0 Å². The van der Waals surface area contributed by atoms with Crippen LogP contribution in [0.25, 0.3) is 0 Å². The molecule has 0 aliphatic rings. The number of hydrogen-bond donors (Lipinski definition) is 1. The molecular weight excluding hydrogens is 286 g/mol. The van der Waals surface area contributed by atoms with Gasteiger partial charge in [-0.2, -0.15) is 0 Å². The van der Waals surface area contributed by atoms with Crippen molar-refractivity contribution in [1.82, 2.24) is 4.98 Å². The molecule has 1 amide bonds. The molecule has 4 nitrogen and oxygen atoms in total. The van der Waals surface area contributed by atoms with Crippen molar-refractivity contribution < 1.29 is 4.79 Å². The van der Waals surface area contributed by atoms with Crippen molar-refractivity contribution in [2.75, 3.05) is 24.3 Å². The Morgan fingerprint density at radius 2 is 2.00 bits per heavy atom. The van der Waals surface area contributed by atoms with Crippen LogP contribution < -0.4 is 10.2 Å². The standard InChI is InChI=1S/C16H18ClN3O/c1-4-12-9-11(10-15(17)18-12)16(21)19-13-7-5-6-8-14(13)20(2)3/h5-10H,4H2,1-3H3,(H,19,21). The number of amides is 1. The largest absolute Gasteiger partial charge is 0.376 e. The summed E-state index contributed by atoms with van der Waals surface area (Å²) in [6, 6.07) is 11.0. The van der Waals surface area contributed by atoms with E-state index < -0.39 is 0 Å². The number of benzene rings is 1. The number of para-hydroxylation sites is 2. The first-order chi connectivity index (χ1) is 10.0. The summed E-state index contributed by atoms with van der Waals surface area (Å²) in [5.74, 6) is -0.191. The highest BCUT2D eigenvalue weighted by atomic mass is 35.5. The van der Waals surface area contributed by atoms with E-state index in [1.54, 1.807) is 12.1 Å². The third-order valence-electron chi connectivity index (χ3n) is 3.11. The maximum absolute atomic E-state index is 12.4. The van der Waals surface area contributed by atoms with Gasteiger partial charge in [0, 0.05) is 25.4 Å². The summed E-state index contributed by atoms with van der Waals surface area (Å²) < 4.78 is 0. The fourth-order valence-electron chi connectivity index (χ4n) is 2.03. The Hall–Kier alpha value is -2.07. The van der Waals surface area contributed by atoms with Gasteiger partial charge in [-0.05, 0) is 30.7 Å². The van der Waals surface area contributed by atoms with Crippen LogP contribution in [0.3, 0.4) is 0 Å². The highest BCUT2D eigenvalue weighted by Gasteiger charge is 2.12. The number of carbonyl (C=O) groups excluding carboxylic acids is 1. The van der Waals surface area contributed by atoms with Crippen molar-refractivity contribution in [3.8, 4) is 0 Å². The van der Waals surface area contributed by atoms with Crippen molar-refractivity contribution in [1.29, 1.82) is 0 Å². The summed E-state index contributed by atoms with van der Waals surface area (Å²) in [6.45, 7) is 1.97. The van der Waals surface area contributed by atoms with Crippen LogP contribution in [0.5, 0.6) is 0 Å². The molecular formula is C16H18ClN3O. The van der Waals surface area contributed by atoms with E-state index in [1.165, 1.54) is 0 Å². The summed E-state index contributed by atoms with van der Waals surface area (Å²) in [5, 5.41) is 3.25. The van der Waals surface area contributed by atoms with Crippen molar-refractivity contribution in [2.24, 2.45) is 0 Å². The van der Waals surface area contributed by atoms with Gasteiger partial charge in [-0.25, -0.2) is 4.98 Å². The smallest absolute Gasteiger partial charge is 0.255 e. The van der Waals surface area contributed by atoms with Gasteiger partial charge in [0.25, 0.3) is 5.91 Å². The second kappa shape index (κ2) is 6.59. The number of hydrogen-bond acceptors (Lipinski definition) is 3. The third-order valence-corrected chi connectivity index (χ3v) is 3.30. The first kappa shape index (κ1) is 15.3. The molecule has 1 aromatic carbocycles. The number of halogens is 1. The summed E-state index contributed by atoms with van der Waals surface area (Å²) >= 11 is 5.96. The topological polar surface area (TPSA) is 45.2 Å². The van der Waals surface area contributed by atoms with Crippen LogP contribution in [-0.4, -0.2) is 25.0 Å². The molecule has 1 aromatic heterocycles. The number of anilines is 2. The zero-order valence-corrected chi connectivity index (χ0v) is 13.1. The molecule has 5 heteroatoms. The minimum atomic E-state index is -0.191. The zero-order valence-electron chi connectivity index (χ0n) is 12.4. The number of aromatic nitrogens is 1. The van der Waals surface area contributed by atoms with E-state index in [1.807, 2.05) is 50.2 Å². The SMILES string of the molecule is CCc1cc(C(=O)Nc2ccccc2N(C)C)cc(Cl)n1. The average molecular weight is 304 g/mol. The number of carbonyl (C=O) groups is 1. The first-order valence-electron chi connectivity index (χ1n) is 6.75. The van der Waals surface area contributed by atoms with Crippen LogP contribution >= 0.6 is 11.6 Å². The molecule has 0 saturated carbocycles. The zero-order chi connectivity index (χ0) is 15.4. The Morgan fingerprint density at radius 1 is 1.29 bits per heavy atom. The van der Waals surface area contributed by atoms with E-state index >= 15 is 0 Å². The summed E-state index contributed by atoms with van der Waals surface area (Å²) in [6.07, 6.45) is 0.731. The lowest BCUT2D eigenvalue weighted by Gasteiger charge is -2.17. The predicted octanol–water partition coefficient (Wildman–Crippen LogP) is 3.62. The van der Waals surface area contributed by atoms with Gasteiger partial charge in [-0.15, -0.1) is 0 Å². The molecule has 2 rings (SSSR count). The van der Waals surface area contributed by atoms with Crippen LogP contribution in [0.1, 0.15) is 23.0 Å². The molecule has 110 valence electrons. The Morgan fingerprint density at radius 3 is 2.67 bits per heavy atom. The Kier molecular flexibility index (Phi) is 4.81. The van der Waals surface area contributed by atoms with Crippen LogP contribution in [0.2, 0.25) is 5.15 Å². The lowest BCUT2D eigenvalue weighted by atomic mass is 10.1. The number of rotatable bonds is 4. The maximum atomic E-state index is 12.4. The maximum Gasteiger partial charge on any atom is 0.255 e. The molecule has 0 saturated heterocycles. The fourth-order valence-corrected chi connectivity index (χ4v) is 2.25. The highest BCUT2D eigenvalue weighted by molar-refractivity contribution is 6.29. The van der Waals surface area contributed by atoms with E-state index in [-0.39, 0.29) is 5.91 Å². The van der Waals surface area contributed by atoms with Crippen molar-refractivity contribution >= 4 is 28.9 Å². The van der Waals surface area contributed by atoms with Crippen molar-refractivity contribution in [3.63, 3.8) is 0 Å². The van der Waals surface area contributed by atoms with E-state index in [0.29, 0.717) is 10.7 Å². The fraction of sp³-hybridized carbons (Fsp3) is 0.250. The molecule has 21 heavy (non-hydrogen) atoms. The number of nitrogens with one attached hydrogen (secondary N) is 1. The highest BCUT2D eigenvalue weighted by Crippen LogP contribution is 2.24. The molecule has 2 aromatic rings. The minimum absolute atomic E-state index is 0.191. The molecule has 0 bridgehead atoms. The molecule has 1 heterocycles. The van der Waals surface area contributed by atoms with Gasteiger partial charge in [0.15, 0.2) is 0 Å². The monoisotopic (exact) mass is 303 g/mol. The van der Waals surface area contributed by atoms with E-state index in [9.17, 15) is 4.79 Å². The molecule has 1 N–H and O–H groups in total. The minimum Gasteiger partial charge on any atom is -0.376 e. The van der Waals surface area contributed by atoms with E-state index in [2.05, 4.69) is 10.3 Å². The van der Waals surface area contributed by atoms with Crippen LogP contribution in [0.4, 0.5) is 11.4 Å². The molecule has 0 spiro atoms. The first-order valence-corrected chi connectivity index (χ1v) is 7.13. The Bertz CT molecular complexity index is 656. The van der Waals surface area contributed by atoms with Gasteiger partial charge in [-0.3, -0.25) is 4.79 Å². The van der Waals surface area contributed by atoms with Crippen LogP contribution in [-0.2, 0) is 6.42 Å². The van der Waals surface area contributed by atoms with Gasteiger partial charge in [0.1, 0.15) is 5.15 Å². The molecule has 0 atom stereocenters. The number of nitrogens with zero attached hydrogens (tertiary/aromatic N) is 2. The molecule has 0 fully saturated rings. The Labute approximate surface area is 129 Å². The van der Waals surface area contributed by atoms with Crippen molar-refractivity contribution in [3.05, 3.63) is 52.8 Å². The van der Waals surface area contributed by atoms with E-state index in [0.717, 1.165) is 23.5 Å². The van der Waals surface area contributed by atoms with Gasteiger partial charge < -0.3 is 10.2 Å². The van der Waals surface area contributed by atoms with Crippen molar-refractivity contribution in [2.45, 2.75) is 13.3 Å². The predicted molar refractivity (Wildman–Crippen MR) is 87.3 cm³/mol. The van der Waals surface area contributed by atoms with Gasteiger partial charge in [0.05, 0.1) is 11.4 Å². The average Bonchev–Trinajstić information content (AvgIpc) is 2.46. The van der Waals surface area contributed by atoms with Gasteiger partial charge >= 0.3 is 0 Å². The summed E-state index contributed by atoms with van der Waals surface area (Å²) in [5.41, 5.74) is 3.02.